The van der Waals surface area contributed by atoms with Crippen molar-refractivity contribution < 1.29 is 4.74 Å². The van der Waals surface area contributed by atoms with Crippen molar-refractivity contribution in [2.24, 2.45) is 11.8 Å². The normalized spacial score (nSPS) is 24.6. The number of aromatic nitrogens is 3. The van der Waals surface area contributed by atoms with Crippen molar-refractivity contribution in [2.45, 2.75) is 45.2 Å². The summed E-state index contributed by atoms with van der Waals surface area (Å²) in [5.41, 5.74) is 2.93. The van der Waals surface area contributed by atoms with E-state index in [4.69, 9.17) is 32.9 Å². The van der Waals surface area contributed by atoms with Gasteiger partial charge in [0.2, 0.25) is 5.95 Å². The summed E-state index contributed by atoms with van der Waals surface area (Å²) in [5, 5.41) is 0.803. The second kappa shape index (κ2) is 8.97. The molecule has 7 heteroatoms. The van der Waals surface area contributed by atoms with E-state index in [2.05, 4.69) is 45.6 Å². The monoisotopic (exact) mass is 458 g/mol. The third-order valence-corrected chi connectivity index (χ3v) is 7.23. The first-order valence-corrected chi connectivity index (χ1v) is 12.0. The molecule has 0 radical (unpaired) electrons. The van der Waals surface area contributed by atoms with Crippen LogP contribution in [-0.4, -0.2) is 34.3 Å². The van der Waals surface area contributed by atoms with Crippen LogP contribution in [0.15, 0.2) is 36.4 Å². The van der Waals surface area contributed by atoms with Gasteiger partial charge >= 0.3 is 0 Å². The van der Waals surface area contributed by atoms with Crippen LogP contribution in [0.5, 0.6) is 0 Å². The molecule has 0 bridgehead atoms. The molecule has 1 aliphatic heterocycles. The van der Waals surface area contributed by atoms with Crippen molar-refractivity contribution in [1.82, 2.24) is 14.5 Å². The summed E-state index contributed by atoms with van der Waals surface area (Å²) >= 11 is 12.8. The summed E-state index contributed by atoms with van der Waals surface area (Å²) in [6, 6.07) is 12.5. The molecule has 31 heavy (non-hydrogen) atoms. The lowest BCUT2D eigenvalue weighted by Crippen LogP contribution is -2.41. The molecule has 3 heterocycles. The predicted molar refractivity (Wildman–Crippen MR) is 126 cm³/mol. The van der Waals surface area contributed by atoms with E-state index in [1.807, 2.05) is 12.1 Å². The molecule has 1 aliphatic carbocycles. The molecule has 2 aliphatic rings. The molecule has 1 aromatic carbocycles. The Hall–Kier alpha value is -1.82. The van der Waals surface area contributed by atoms with Crippen molar-refractivity contribution in [1.29, 1.82) is 0 Å². The lowest BCUT2D eigenvalue weighted by Gasteiger charge is -2.37. The molecule has 3 aromatic rings. The second-order valence-corrected chi connectivity index (χ2v) is 9.69. The maximum absolute atomic E-state index is 6.61. The fraction of sp³-hybridized carbons (Fsp3) is 0.500. The fourth-order valence-electron chi connectivity index (χ4n) is 5.03. The third-order valence-electron chi connectivity index (χ3n) is 6.78. The fourth-order valence-corrected chi connectivity index (χ4v) is 5.55. The number of imidazole rings is 1. The Kier molecular flexibility index (Phi) is 6.09. The molecule has 0 amide bonds. The van der Waals surface area contributed by atoms with Crippen LogP contribution in [0.25, 0.3) is 11.0 Å². The van der Waals surface area contributed by atoms with Crippen LogP contribution in [-0.2, 0) is 11.3 Å². The minimum Gasteiger partial charge on any atom is -0.377 e. The van der Waals surface area contributed by atoms with Crippen LogP contribution in [0.3, 0.4) is 0 Å². The smallest absolute Gasteiger partial charge is 0.207 e. The number of pyridine rings is 1. The van der Waals surface area contributed by atoms with Gasteiger partial charge in [-0.25, -0.2) is 9.97 Å². The van der Waals surface area contributed by atoms with Gasteiger partial charge < -0.3 is 14.2 Å². The van der Waals surface area contributed by atoms with Gasteiger partial charge in [0, 0.05) is 19.2 Å². The number of benzene rings is 1. The average molecular weight is 459 g/mol. The first kappa shape index (κ1) is 21.0. The minimum atomic E-state index is 0.110. The number of anilines is 1. The molecule has 5 rings (SSSR count). The molecule has 164 valence electrons. The van der Waals surface area contributed by atoms with E-state index in [-0.39, 0.29) is 6.04 Å². The van der Waals surface area contributed by atoms with Crippen LogP contribution >= 0.6 is 23.2 Å². The highest BCUT2D eigenvalue weighted by molar-refractivity contribution is 6.36. The van der Waals surface area contributed by atoms with E-state index in [0.717, 1.165) is 36.0 Å². The SMILES string of the molecule is C[C@H]1CC[C@H](Cn2c(N3CCOC[C@H]3c3ccccc3)nc3cc(Cl)nc(Cl)c32)CC1. The number of hydrogen-bond acceptors (Lipinski definition) is 4. The molecule has 2 aromatic heterocycles. The molecule has 0 spiro atoms. The second-order valence-electron chi connectivity index (χ2n) is 8.95. The highest BCUT2D eigenvalue weighted by atomic mass is 35.5. The summed E-state index contributed by atoms with van der Waals surface area (Å²) in [5.74, 6) is 2.38. The van der Waals surface area contributed by atoms with Gasteiger partial charge in [-0.15, -0.1) is 0 Å². The lowest BCUT2D eigenvalue weighted by molar-refractivity contribution is 0.0927. The number of halogens is 2. The lowest BCUT2D eigenvalue weighted by atomic mass is 9.83. The number of ether oxygens (including phenoxy) is 1. The van der Waals surface area contributed by atoms with Crippen molar-refractivity contribution in [3.63, 3.8) is 0 Å². The van der Waals surface area contributed by atoms with Crippen molar-refractivity contribution in [3.8, 4) is 0 Å². The van der Waals surface area contributed by atoms with Gasteiger partial charge in [0.25, 0.3) is 0 Å². The molecular formula is C24H28Cl2N4O. The topological polar surface area (TPSA) is 43.2 Å². The number of morpholine rings is 1. The van der Waals surface area contributed by atoms with Crippen LogP contribution in [0.1, 0.15) is 44.2 Å². The van der Waals surface area contributed by atoms with E-state index in [9.17, 15) is 0 Å². The zero-order valence-corrected chi connectivity index (χ0v) is 19.3. The average Bonchev–Trinajstić information content (AvgIpc) is 3.14. The Bertz CT molecular complexity index is 1050. The highest BCUT2D eigenvalue weighted by Crippen LogP contribution is 2.37. The Labute approximate surface area is 193 Å². The number of fused-ring (bicyclic) bond motifs is 1. The van der Waals surface area contributed by atoms with Crippen molar-refractivity contribution in [3.05, 3.63) is 52.3 Å². The van der Waals surface area contributed by atoms with Gasteiger partial charge in [-0.1, -0.05) is 73.3 Å². The number of rotatable bonds is 4. The summed E-state index contributed by atoms with van der Waals surface area (Å²) < 4.78 is 8.16. The molecule has 0 unspecified atom stereocenters. The standard InChI is InChI=1S/C24H28Cl2N4O/c1-16-7-9-17(10-8-16)14-30-22-19(13-21(25)28-23(22)26)27-24(30)29-11-12-31-15-20(29)18-5-3-2-4-6-18/h2-6,13,16-17,20H,7-12,14-15H2,1H3/t16-,17-,20-/m0/s1. The number of hydrogen-bond donors (Lipinski definition) is 0. The maximum Gasteiger partial charge on any atom is 0.207 e. The summed E-state index contributed by atoms with van der Waals surface area (Å²) in [4.78, 5) is 11.7. The zero-order chi connectivity index (χ0) is 21.4. The molecular weight excluding hydrogens is 431 g/mol. The Morgan fingerprint density at radius 3 is 2.61 bits per heavy atom. The van der Waals surface area contributed by atoms with Crippen LogP contribution in [0.2, 0.25) is 10.3 Å². The van der Waals surface area contributed by atoms with Crippen LogP contribution in [0, 0.1) is 11.8 Å². The van der Waals surface area contributed by atoms with E-state index in [1.54, 1.807) is 0 Å². The Morgan fingerprint density at radius 2 is 1.84 bits per heavy atom. The molecule has 0 N–H and O–H groups in total. The molecule has 1 atom stereocenters. The number of nitrogens with zero attached hydrogens (tertiary/aromatic N) is 4. The summed E-state index contributed by atoms with van der Waals surface area (Å²) in [6.07, 6.45) is 5.05. The quantitative estimate of drug-likeness (QED) is 0.440. The van der Waals surface area contributed by atoms with Gasteiger partial charge in [-0.2, -0.15) is 0 Å². The largest absolute Gasteiger partial charge is 0.377 e. The minimum absolute atomic E-state index is 0.110. The molecule has 1 saturated carbocycles. The Balaban J connectivity index is 1.58. The summed E-state index contributed by atoms with van der Waals surface area (Å²) in [7, 11) is 0. The summed E-state index contributed by atoms with van der Waals surface area (Å²) in [6.45, 7) is 5.36. The van der Waals surface area contributed by atoms with Gasteiger partial charge in [0.15, 0.2) is 5.15 Å². The predicted octanol–water partition coefficient (Wildman–Crippen LogP) is 6.14. The van der Waals surface area contributed by atoms with Gasteiger partial charge in [0.05, 0.1) is 24.8 Å². The first-order chi connectivity index (χ1) is 15.1. The zero-order valence-electron chi connectivity index (χ0n) is 17.8. The molecule has 1 saturated heterocycles. The molecule has 2 fully saturated rings. The van der Waals surface area contributed by atoms with E-state index < -0.39 is 0 Å². The van der Waals surface area contributed by atoms with E-state index in [1.165, 1.54) is 31.2 Å². The van der Waals surface area contributed by atoms with Crippen molar-refractivity contribution in [2.75, 3.05) is 24.7 Å². The van der Waals surface area contributed by atoms with E-state index >= 15 is 0 Å². The molecule has 5 nitrogen and oxygen atoms in total. The van der Waals surface area contributed by atoms with E-state index in [0.29, 0.717) is 29.4 Å². The van der Waals surface area contributed by atoms with Crippen LogP contribution in [0.4, 0.5) is 5.95 Å². The Morgan fingerprint density at radius 1 is 1.06 bits per heavy atom. The van der Waals surface area contributed by atoms with Gasteiger partial charge in [-0.05, 0) is 30.2 Å². The van der Waals surface area contributed by atoms with Crippen LogP contribution < -0.4 is 4.90 Å². The van der Waals surface area contributed by atoms with Gasteiger partial charge in [0.1, 0.15) is 10.7 Å². The van der Waals surface area contributed by atoms with Gasteiger partial charge in [-0.3, -0.25) is 0 Å². The first-order valence-electron chi connectivity index (χ1n) is 11.2. The third kappa shape index (κ3) is 4.28. The maximum atomic E-state index is 6.61. The van der Waals surface area contributed by atoms with Crippen molar-refractivity contribution >= 4 is 40.2 Å². The highest BCUT2D eigenvalue weighted by Gasteiger charge is 2.31.